The van der Waals surface area contributed by atoms with E-state index in [1.807, 2.05) is 0 Å². The maximum Gasteiger partial charge on any atom is 0.208 e. The summed E-state index contributed by atoms with van der Waals surface area (Å²) in [5.41, 5.74) is 0.616. The molecule has 0 radical (unpaired) electrons. The number of benzene rings is 1. The molecule has 2 aliphatic rings. The molecule has 2 aromatic rings. The van der Waals surface area contributed by atoms with Crippen molar-refractivity contribution in [3.8, 4) is 0 Å². The van der Waals surface area contributed by atoms with Gasteiger partial charge >= 0.3 is 0 Å². The van der Waals surface area contributed by atoms with E-state index in [4.69, 9.17) is 4.52 Å². The fourth-order valence-corrected chi connectivity index (χ4v) is 5.39. The van der Waals surface area contributed by atoms with Gasteiger partial charge < -0.3 is 9.42 Å². The van der Waals surface area contributed by atoms with Crippen LogP contribution in [0.2, 0.25) is 0 Å². The highest BCUT2D eigenvalue weighted by atomic mass is 32.2. The van der Waals surface area contributed by atoms with Crippen molar-refractivity contribution < 1.29 is 17.3 Å². The number of aromatic nitrogens is 1. The first-order valence-corrected chi connectivity index (χ1v) is 12.3. The van der Waals surface area contributed by atoms with Crippen molar-refractivity contribution in [3.63, 3.8) is 0 Å². The van der Waals surface area contributed by atoms with Crippen molar-refractivity contribution in [2.45, 2.75) is 38.1 Å². The third-order valence-electron chi connectivity index (χ3n) is 6.17. The van der Waals surface area contributed by atoms with Gasteiger partial charge in [0.1, 0.15) is 5.82 Å². The lowest BCUT2D eigenvalue weighted by atomic mass is 9.84. The molecule has 0 amide bonds. The maximum atomic E-state index is 13.6. The fraction of sp³-hybridized carbons (Fsp3) is 0.650. The van der Waals surface area contributed by atoms with Crippen molar-refractivity contribution >= 4 is 26.8 Å². The second kappa shape index (κ2) is 8.57. The average Bonchev–Trinajstić information content (AvgIpc) is 3.10. The van der Waals surface area contributed by atoms with Crippen molar-refractivity contribution in [2.24, 2.45) is 5.92 Å². The number of piperazine rings is 1. The molecule has 1 aliphatic carbocycles. The molecular weight excluding hydrogens is 395 g/mol. The van der Waals surface area contributed by atoms with Crippen LogP contribution in [-0.2, 0) is 10.0 Å². The minimum Gasteiger partial charge on any atom is -0.354 e. The van der Waals surface area contributed by atoms with Crippen molar-refractivity contribution in [1.82, 2.24) is 14.8 Å². The van der Waals surface area contributed by atoms with Gasteiger partial charge in [0.2, 0.25) is 10.0 Å². The highest BCUT2D eigenvalue weighted by Gasteiger charge is 2.25. The van der Waals surface area contributed by atoms with E-state index in [-0.39, 0.29) is 11.9 Å². The Morgan fingerprint density at radius 2 is 1.90 bits per heavy atom. The molecule has 1 saturated carbocycles. The molecule has 7 nitrogen and oxygen atoms in total. The van der Waals surface area contributed by atoms with Crippen molar-refractivity contribution in [3.05, 3.63) is 24.0 Å². The number of hydrogen-bond acceptors (Lipinski definition) is 6. The van der Waals surface area contributed by atoms with Gasteiger partial charge in [0.25, 0.3) is 0 Å². The highest BCUT2D eigenvalue weighted by Crippen LogP contribution is 2.29. The first kappa shape index (κ1) is 20.6. The predicted molar refractivity (Wildman–Crippen MR) is 111 cm³/mol. The minimum atomic E-state index is -3.11. The highest BCUT2D eigenvalue weighted by molar-refractivity contribution is 7.88. The van der Waals surface area contributed by atoms with Crippen molar-refractivity contribution in [2.75, 3.05) is 43.9 Å². The van der Waals surface area contributed by atoms with Crippen LogP contribution in [-0.4, -0.2) is 63.5 Å². The van der Waals surface area contributed by atoms with Gasteiger partial charge in [-0.25, -0.2) is 17.5 Å². The number of halogens is 1. The first-order valence-electron chi connectivity index (χ1n) is 10.4. The van der Waals surface area contributed by atoms with Crippen LogP contribution in [0.25, 0.3) is 11.0 Å². The topological polar surface area (TPSA) is 78.7 Å². The van der Waals surface area contributed by atoms with E-state index >= 15 is 0 Å². The molecule has 0 spiro atoms. The quantitative estimate of drug-likeness (QED) is 0.768. The molecule has 1 aromatic heterocycles. The monoisotopic (exact) mass is 424 g/mol. The van der Waals surface area contributed by atoms with Gasteiger partial charge in [-0.1, -0.05) is 5.16 Å². The summed E-state index contributed by atoms with van der Waals surface area (Å²) in [6, 6.07) is 4.60. The van der Waals surface area contributed by atoms with E-state index in [1.54, 1.807) is 6.07 Å². The number of nitrogens with zero attached hydrogens (tertiary/aromatic N) is 3. The van der Waals surface area contributed by atoms with E-state index in [0.717, 1.165) is 76.0 Å². The summed E-state index contributed by atoms with van der Waals surface area (Å²) >= 11 is 0. The Kier molecular flexibility index (Phi) is 6.08. The summed E-state index contributed by atoms with van der Waals surface area (Å²) in [5, 5.41) is 4.89. The summed E-state index contributed by atoms with van der Waals surface area (Å²) < 4.78 is 44.4. The third-order valence-corrected chi connectivity index (χ3v) is 6.93. The van der Waals surface area contributed by atoms with Gasteiger partial charge in [-0.3, -0.25) is 4.90 Å². The van der Waals surface area contributed by atoms with Crippen LogP contribution in [0.3, 0.4) is 0 Å². The summed E-state index contributed by atoms with van der Waals surface area (Å²) in [5.74, 6) is 1.13. The number of sulfonamides is 1. The average molecular weight is 425 g/mol. The van der Waals surface area contributed by atoms with Gasteiger partial charge in [0.05, 0.1) is 11.6 Å². The molecule has 1 aliphatic heterocycles. The Morgan fingerprint density at radius 3 is 2.59 bits per heavy atom. The van der Waals surface area contributed by atoms with Gasteiger partial charge in [0.15, 0.2) is 11.4 Å². The summed E-state index contributed by atoms with van der Waals surface area (Å²) in [4.78, 5) is 4.64. The predicted octanol–water partition coefficient (Wildman–Crippen LogP) is 2.59. The standard InChI is InChI=1S/C20H29FN4O3S/c1-29(26,27)23-17-5-2-15(3-6-17)8-9-24-10-12-25(13-11-24)20-18-14-16(21)4-7-19(18)28-22-20/h4,7,14-15,17,23H,2-3,5-6,8-13H2,1H3. The van der Waals surface area contributed by atoms with Crippen LogP contribution >= 0.6 is 0 Å². The third kappa shape index (κ3) is 5.26. The maximum absolute atomic E-state index is 13.6. The fourth-order valence-electron chi connectivity index (χ4n) is 4.55. The van der Waals surface area contributed by atoms with Crippen LogP contribution < -0.4 is 9.62 Å². The van der Waals surface area contributed by atoms with Gasteiger partial charge in [0, 0.05) is 32.2 Å². The Labute approximate surface area is 171 Å². The second-order valence-electron chi connectivity index (χ2n) is 8.37. The van der Waals surface area contributed by atoms with Crippen LogP contribution in [0.4, 0.5) is 10.2 Å². The van der Waals surface area contributed by atoms with Gasteiger partial charge in [-0.15, -0.1) is 0 Å². The van der Waals surface area contributed by atoms with Crippen LogP contribution in [0.5, 0.6) is 0 Å². The van der Waals surface area contributed by atoms with E-state index in [0.29, 0.717) is 11.5 Å². The molecule has 2 heterocycles. The molecule has 2 fully saturated rings. The van der Waals surface area contributed by atoms with Gasteiger partial charge in [-0.05, 0) is 62.8 Å². The molecule has 0 bridgehead atoms. The molecule has 160 valence electrons. The number of nitrogens with one attached hydrogen (secondary N) is 1. The molecule has 4 rings (SSSR count). The Hall–Kier alpha value is -1.71. The zero-order valence-electron chi connectivity index (χ0n) is 16.8. The molecule has 0 atom stereocenters. The lowest BCUT2D eigenvalue weighted by molar-refractivity contribution is 0.214. The first-order chi connectivity index (χ1) is 13.9. The van der Waals surface area contributed by atoms with E-state index < -0.39 is 10.0 Å². The van der Waals surface area contributed by atoms with E-state index in [1.165, 1.54) is 18.4 Å². The van der Waals surface area contributed by atoms with Crippen LogP contribution in [0.1, 0.15) is 32.1 Å². The lowest BCUT2D eigenvalue weighted by Gasteiger charge is -2.36. The smallest absolute Gasteiger partial charge is 0.208 e. The lowest BCUT2D eigenvalue weighted by Crippen LogP contribution is -2.47. The second-order valence-corrected chi connectivity index (χ2v) is 10.2. The number of anilines is 1. The molecular formula is C20H29FN4O3S. The number of rotatable bonds is 6. The summed E-state index contributed by atoms with van der Waals surface area (Å²) in [7, 11) is -3.11. The van der Waals surface area contributed by atoms with E-state index in [9.17, 15) is 12.8 Å². The summed E-state index contributed by atoms with van der Waals surface area (Å²) in [6.45, 7) is 4.67. The number of fused-ring (bicyclic) bond motifs is 1. The minimum absolute atomic E-state index is 0.104. The molecule has 1 N–H and O–H groups in total. The van der Waals surface area contributed by atoms with E-state index in [2.05, 4.69) is 19.7 Å². The van der Waals surface area contributed by atoms with Crippen LogP contribution in [0, 0.1) is 11.7 Å². The summed E-state index contributed by atoms with van der Waals surface area (Å²) in [6.07, 6.45) is 6.43. The Balaban J connectivity index is 1.22. The largest absolute Gasteiger partial charge is 0.354 e. The molecule has 1 aromatic carbocycles. The number of hydrogen-bond donors (Lipinski definition) is 1. The Bertz CT molecular complexity index is 932. The zero-order chi connectivity index (χ0) is 20.4. The molecule has 1 saturated heterocycles. The SMILES string of the molecule is CS(=O)(=O)NC1CCC(CCN2CCN(c3noc4ccc(F)cc34)CC2)CC1. The van der Waals surface area contributed by atoms with Crippen molar-refractivity contribution in [1.29, 1.82) is 0 Å². The Morgan fingerprint density at radius 1 is 1.17 bits per heavy atom. The molecule has 9 heteroatoms. The normalized spacial score (nSPS) is 24.3. The molecule has 0 unspecified atom stereocenters. The van der Waals surface area contributed by atoms with Crippen LogP contribution in [0.15, 0.2) is 22.7 Å². The van der Waals surface area contributed by atoms with Gasteiger partial charge in [-0.2, -0.15) is 0 Å². The molecule has 29 heavy (non-hydrogen) atoms. The zero-order valence-corrected chi connectivity index (χ0v) is 17.6.